The Morgan fingerprint density at radius 1 is 1.43 bits per heavy atom. The first-order valence-electron chi connectivity index (χ1n) is 4.83. The molecule has 0 saturated carbocycles. The van der Waals surface area contributed by atoms with Crippen molar-refractivity contribution in [2.75, 3.05) is 0 Å². The molecule has 1 heterocycles. The molecule has 0 atom stereocenters. The van der Waals surface area contributed by atoms with Crippen molar-refractivity contribution in [2.45, 2.75) is 32.3 Å². The van der Waals surface area contributed by atoms with Crippen LogP contribution in [0.5, 0.6) is 5.75 Å². The van der Waals surface area contributed by atoms with Gasteiger partial charge in [-0.05, 0) is 50.5 Å². The second kappa shape index (κ2) is 3.02. The maximum Gasteiger partial charge on any atom is 0.123 e. The van der Waals surface area contributed by atoms with E-state index in [0.717, 1.165) is 24.2 Å². The third kappa shape index (κ3) is 1.58. The monoisotopic (exact) mass is 187 g/mol. The second-order valence-corrected chi connectivity index (χ2v) is 4.30. The van der Waals surface area contributed by atoms with Crippen LogP contribution in [0.2, 0.25) is 0 Å². The average Bonchev–Trinajstić information content (AvgIpc) is 2.16. The van der Waals surface area contributed by atoms with Crippen molar-refractivity contribution in [1.29, 1.82) is 5.26 Å². The molecule has 0 bridgehead atoms. The van der Waals surface area contributed by atoms with Crippen LogP contribution in [-0.4, -0.2) is 5.60 Å². The molecule has 0 spiro atoms. The number of nitrogens with zero attached hydrogens (tertiary/aromatic N) is 1. The highest BCUT2D eigenvalue weighted by molar-refractivity contribution is 5.43. The van der Waals surface area contributed by atoms with Crippen molar-refractivity contribution in [2.24, 2.45) is 0 Å². The molecule has 14 heavy (non-hydrogen) atoms. The Hall–Kier alpha value is -1.49. The van der Waals surface area contributed by atoms with Gasteiger partial charge in [-0.25, -0.2) is 0 Å². The molecule has 0 aromatic heterocycles. The number of nitriles is 1. The van der Waals surface area contributed by atoms with E-state index in [-0.39, 0.29) is 5.60 Å². The number of benzene rings is 1. The zero-order chi connectivity index (χ0) is 10.2. The van der Waals surface area contributed by atoms with Gasteiger partial charge in [0, 0.05) is 0 Å². The summed E-state index contributed by atoms with van der Waals surface area (Å²) >= 11 is 0. The molecule has 0 saturated heterocycles. The highest BCUT2D eigenvalue weighted by Gasteiger charge is 2.26. The molecule has 2 rings (SSSR count). The largest absolute Gasteiger partial charge is 0.488 e. The Morgan fingerprint density at radius 2 is 2.21 bits per heavy atom. The molecule has 0 unspecified atom stereocenters. The third-order valence-electron chi connectivity index (χ3n) is 2.57. The Balaban J connectivity index is 2.38. The minimum Gasteiger partial charge on any atom is -0.488 e. The predicted octanol–water partition coefficient (Wildman–Crippen LogP) is 2.66. The van der Waals surface area contributed by atoms with E-state index < -0.39 is 0 Å². The fourth-order valence-electron chi connectivity index (χ4n) is 1.73. The van der Waals surface area contributed by atoms with Crippen molar-refractivity contribution in [3.8, 4) is 11.8 Å². The van der Waals surface area contributed by atoms with E-state index in [1.807, 2.05) is 12.1 Å². The number of hydrogen-bond acceptors (Lipinski definition) is 2. The lowest BCUT2D eigenvalue weighted by molar-refractivity contribution is 0.0847. The van der Waals surface area contributed by atoms with Gasteiger partial charge in [0.05, 0.1) is 11.6 Å². The normalized spacial score (nSPS) is 17.8. The van der Waals surface area contributed by atoms with Gasteiger partial charge in [0.1, 0.15) is 11.4 Å². The fraction of sp³-hybridized carbons (Fsp3) is 0.417. The number of hydrogen-bond donors (Lipinski definition) is 0. The van der Waals surface area contributed by atoms with E-state index in [9.17, 15) is 0 Å². The van der Waals surface area contributed by atoms with Crippen molar-refractivity contribution in [3.05, 3.63) is 29.3 Å². The molecule has 0 radical (unpaired) electrons. The van der Waals surface area contributed by atoms with Crippen molar-refractivity contribution in [3.63, 3.8) is 0 Å². The molecule has 1 aromatic rings. The first kappa shape index (κ1) is 9.08. The average molecular weight is 187 g/mol. The number of aryl methyl sites for hydroxylation is 1. The van der Waals surface area contributed by atoms with Crippen LogP contribution in [0, 0.1) is 11.3 Å². The standard InChI is InChI=1S/C12H13NO/c1-12(2)6-5-10-7-9(8-13)3-4-11(10)14-12/h3-4,7H,5-6H2,1-2H3. The van der Waals surface area contributed by atoms with Gasteiger partial charge < -0.3 is 4.74 Å². The molecule has 2 heteroatoms. The Kier molecular flexibility index (Phi) is 1.96. The van der Waals surface area contributed by atoms with Crippen LogP contribution in [0.1, 0.15) is 31.4 Å². The van der Waals surface area contributed by atoms with Crippen LogP contribution in [0.15, 0.2) is 18.2 Å². The summed E-state index contributed by atoms with van der Waals surface area (Å²) in [6.45, 7) is 4.18. The quantitative estimate of drug-likeness (QED) is 0.625. The van der Waals surface area contributed by atoms with Gasteiger partial charge in [-0.1, -0.05) is 0 Å². The second-order valence-electron chi connectivity index (χ2n) is 4.30. The summed E-state index contributed by atoms with van der Waals surface area (Å²) in [6.07, 6.45) is 2.01. The van der Waals surface area contributed by atoms with E-state index in [4.69, 9.17) is 10.00 Å². The van der Waals surface area contributed by atoms with Gasteiger partial charge in [-0.15, -0.1) is 0 Å². The summed E-state index contributed by atoms with van der Waals surface area (Å²) in [5, 5.41) is 8.75. The minimum atomic E-state index is -0.0683. The van der Waals surface area contributed by atoms with E-state index in [2.05, 4.69) is 19.9 Å². The van der Waals surface area contributed by atoms with Gasteiger partial charge >= 0.3 is 0 Å². The summed E-state index contributed by atoms with van der Waals surface area (Å²) in [5.74, 6) is 0.931. The Labute approximate surface area is 84.1 Å². The summed E-state index contributed by atoms with van der Waals surface area (Å²) < 4.78 is 5.81. The zero-order valence-corrected chi connectivity index (χ0v) is 8.50. The van der Waals surface area contributed by atoms with Crippen molar-refractivity contribution in [1.82, 2.24) is 0 Å². The van der Waals surface area contributed by atoms with Crippen LogP contribution >= 0.6 is 0 Å². The lowest BCUT2D eigenvalue weighted by Crippen LogP contribution is -2.32. The smallest absolute Gasteiger partial charge is 0.123 e. The first-order valence-corrected chi connectivity index (χ1v) is 4.83. The summed E-state index contributed by atoms with van der Waals surface area (Å²) in [4.78, 5) is 0. The molecule has 1 aliphatic rings. The fourth-order valence-corrected chi connectivity index (χ4v) is 1.73. The molecule has 0 aliphatic carbocycles. The zero-order valence-electron chi connectivity index (χ0n) is 8.50. The minimum absolute atomic E-state index is 0.0683. The first-order chi connectivity index (χ1) is 6.61. The molecule has 2 nitrogen and oxygen atoms in total. The maximum atomic E-state index is 8.75. The van der Waals surface area contributed by atoms with Gasteiger partial charge in [0.15, 0.2) is 0 Å². The van der Waals surface area contributed by atoms with Crippen molar-refractivity contribution < 1.29 is 4.74 Å². The van der Waals surface area contributed by atoms with Crippen LogP contribution in [0.4, 0.5) is 0 Å². The highest BCUT2D eigenvalue weighted by atomic mass is 16.5. The lowest BCUT2D eigenvalue weighted by Gasteiger charge is -2.32. The molecule has 1 aromatic carbocycles. The lowest BCUT2D eigenvalue weighted by atomic mass is 9.93. The van der Waals surface area contributed by atoms with E-state index in [1.165, 1.54) is 0 Å². The topological polar surface area (TPSA) is 33.0 Å². The van der Waals surface area contributed by atoms with E-state index >= 15 is 0 Å². The van der Waals surface area contributed by atoms with E-state index in [0.29, 0.717) is 5.56 Å². The summed E-state index contributed by atoms with van der Waals surface area (Å²) in [7, 11) is 0. The molecule has 0 N–H and O–H groups in total. The molecule has 0 fully saturated rings. The van der Waals surface area contributed by atoms with Crippen LogP contribution < -0.4 is 4.74 Å². The highest BCUT2D eigenvalue weighted by Crippen LogP contribution is 2.33. The summed E-state index contributed by atoms with van der Waals surface area (Å²) in [6, 6.07) is 7.77. The maximum absolute atomic E-state index is 8.75. The summed E-state index contributed by atoms with van der Waals surface area (Å²) in [5.41, 5.74) is 1.80. The number of ether oxygens (including phenoxy) is 1. The molecular formula is C12H13NO. The molecule has 72 valence electrons. The van der Waals surface area contributed by atoms with Gasteiger partial charge in [0.25, 0.3) is 0 Å². The van der Waals surface area contributed by atoms with Gasteiger partial charge in [-0.3, -0.25) is 0 Å². The molecular weight excluding hydrogens is 174 g/mol. The van der Waals surface area contributed by atoms with Crippen LogP contribution in [-0.2, 0) is 6.42 Å². The molecule has 1 aliphatic heterocycles. The van der Waals surface area contributed by atoms with Crippen molar-refractivity contribution >= 4 is 0 Å². The number of fused-ring (bicyclic) bond motifs is 1. The Morgan fingerprint density at radius 3 is 2.93 bits per heavy atom. The van der Waals surface area contributed by atoms with Crippen LogP contribution in [0.3, 0.4) is 0 Å². The Bertz CT molecular complexity index is 401. The predicted molar refractivity (Wildman–Crippen MR) is 54.2 cm³/mol. The van der Waals surface area contributed by atoms with Gasteiger partial charge in [-0.2, -0.15) is 5.26 Å². The van der Waals surface area contributed by atoms with E-state index in [1.54, 1.807) is 6.07 Å². The third-order valence-corrected chi connectivity index (χ3v) is 2.57. The van der Waals surface area contributed by atoms with Crippen LogP contribution in [0.25, 0.3) is 0 Å². The SMILES string of the molecule is CC1(C)CCc2cc(C#N)ccc2O1. The number of rotatable bonds is 0. The molecule has 0 amide bonds. The van der Waals surface area contributed by atoms with Gasteiger partial charge in [0.2, 0.25) is 0 Å².